The number of hydrogen-bond donors (Lipinski definition) is 2. The van der Waals surface area contributed by atoms with E-state index in [0.29, 0.717) is 6.54 Å². The molecule has 1 aromatic carbocycles. The third-order valence-electron chi connectivity index (χ3n) is 3.18. The molecule has 2 aromatic rings. The fourth-order valence-corrected chi connectivity index (χ4v) is 2.15. The number of aromatic nitrogens is 1. The van der Waals surface area contributed by atoms with E-state index in [-0.39, 0.29) is 6.04 Å². The summed E-state index contributed by atoms with van der Waals surface area (Å²) < 4.78 is 13.5. The highest BCUT2D eigenvalue weighted by Gasteiger charge is 2.17. The van der Waals surface area contributed by atoms with Gasteiger partial charge in [0.2, 0.25) is 0 Å². The zero-order valence-corrected chi connectivity index (χ0v) is 11.5. The molecule has 0 aliphatic carbocycles. The van der Waals surface area contributed by atoms with Crippen LogP contribution >= 0.6 is 0 Å². The Balaban J connectivity index is 2.08. The Morgan fingerprint density at radius 3 is 2.84 bits per heavy atom. The lowest BCUT2D eigenvalue weighted by Gasteiger charge is -2.20. The van der Waals surface area contributed by atoms with Gasteiger partial charge < -0.3 is 10.3 Å². The molecule has 0 fully saturated rings. The maximum atomic E-state index is 13.5. The Kier molecular flexibility index (Phi) is 4.05. The molecule has 0 bridgehead atoms. The molecular formula is C16H21FN2. The van der Waals surface area contributed by atoms with Crippen LogP contribution in [0, 0.1) is 0 Å². The van der Waals surface area contributed by atoms with E-state index in [1.165, 1.54) is 10.9 Å². The second-order valence-corrected chi connectivity index (χ2v) is 5.51. The van der Waals surface area contributed by atoms with E-state index in [9.17, 15) is 4.39 Å². The van der Waals surface area contributed by atoms with E-state index in [4.69, 9.17) is 0 Å². The van der Waals surface area contributed by atoms with Gasteiger partial charge in [-0.05, 0) is 31.9 Å². The van der Waals surface area contributed by atoms with Crippen molar-refractivity contribution in [1.82, 2.24) is 10.3 Å². The molecule has 0 saturated heterocycles. The molecule has 1 aromatic heterocycles. The zero-order valence-electron chi connectivity index (χ0n) is 11.5. The Morgan fingerprint density at radius 2 is 2.16 bits per heavy atom. The first kappa shape index (κ1) is 13.8. The van der Waals surface area contributed by atoms with Crippen LogP contribution in [0.3, 0.4) is 0 Å². The average molecular weight is 260 g/mol. The van der Waals surface area contributed by atoms with Crippen LogP contribution < -0.4 is 5.32 Å². The van der Waals surface area contributed by atoms with Gasteiger partial charge in [0, 0.05) is 29.7 Å². The van der Waals surface area contributed by atoms with Crippen LogP contribution in [0.1, 0.15) is 19.4 Å². The lowest BCUT2D eigenvalue weighted by molar-refractivity contribution is 0.206. The lowest BCUT2D eigenvalue weighted by Crippen LogP contribution is -2.38. The van der Waals surface area contributed by atoms with E-state index in [0.717, 1.165) is 11.9 Å². The van der Waals surface area contributed by atoms with E-state index in [2.05, 4.69) is 29.0 Å². The summed E-state index contributed by atoms with van der Waals surface area (Å²) in [6.07, 6.45) is 4.67. The van der Waals surface area contributed by atoms with Crippen LogP contribution in [0.15, 0.2) is 43.1 Å². The number of aromatic amines is 1. The fourth-order valence-electron chi connectivity index (χ4n) is 2.15. The summed E-state index contributed by atoms with van der Waals surface area (Å²) >= 11 is 0. The van der Waals surface area contributed by atoms with Crippen molar-refractivity contribution >= 4 is 10.9 Å². The molecule has 2 rings (SSSR count). The van der Waals surface area contributed by atoms with Gasteiger partial charge in [-0.15, -0.1) is 6.58 Å². The standard InChI is InChI=1S/C16H21FN2/c1-4-13(19-11-16(2,3)17)9-12-10-18-15-8-6-5-7-14(12)15/h4-8,10,13,18-19H,1,9,11H2,2-3H3/t13-/m1/s1. The first-order chi connectivity index (χ1) is 8.99. The maximum absolute atomic E-state index is 13.5. The van der Waals surface area contributed by atoms with Crippen molar-refractivity contribution in [2.45, 2.75) is 32.0 Å². The van der Waals surface area contributed by atoms with Crippen molar-refractivity contribution < 1.29 is 4.39 Å². The van der Waals surface area contributed by atoms with Gasteiger partial charge in [0.05, 0.1) is 0 Å². The number of hydrogen-bond acceptors (Lipinski definition) is 1. The number of halogens is 1. The number of fused-ring (bicyclic) bond motifs is 1. The largest absolute Gasteiger partial charge is 0.361 e. The van der Waals surface area contributed by atoms with Crippen LogP contribution in [0.4, 0.5) is 4.39 Å². The van der Waals surface area contributed by atoms with Crippen LogP contribution in [0.25, 0.3) is 10.9 Å². The molecule has 3 heteroatoms. The number of para-hydroxylation sites is 1. The van der Waals surface area contributed by atoms with Gasteiger partial charge in [0.1, 0.15) is 5.67 Å². The van der Waals surface area contributed by atoms with E-state index >= 15 is 0 Å². The number of benzene rings is 1. The topological polar surface area (TPSA) is 27.8 Å². The molecule has 2 nitrogen and oxygen atoms in total. The van der Waals surface area contributed by atoms with Crippen molar-refractivity contribution in [3.05, 3.63) is 48.7 Å². The molecule has 0 spiro atoms. The Hall–Kier alpha value is -1.61. The monoisotopic (exact) mass is 260 g/mol. The van der Waals surface area contributed by atoms with E-state index in [1.54, 1.807) is 13.8 Å². The third-order valence-corrected chi connectivity index (χ3v) is 3.18. The summed E-state index contributed by atoms with van der Waals surface area (Å²) in [5.74, 6) is 0. The van der Waals surface area contributed by atoms with Gasteiger partial charge in [-0.25, -0.2) is 4.39 Å². The molecular weight excluding hydrogens is 239 g/mol. The SMILES string of the molecule is C=C[C@H](Cc1c[nH]c2ccccc12)NCC(C)(C)F. The summed E-state index contributed by atoms with van der Waals surface area (Å²) in [6, 6.07) is 8.27. The summed E-state index contributed by atoms with van der Waals surface area (Å²) in [5, 5.41) is 4.42. The first-order valence-electron chi connectivity index (χ1n) is 6.59. The molecule has 0 amide bonds. The Labute approximate surface area is 113 Å². The molecule has 0 saturated carbocycles. The third kappa shape index (κ3) is 3.67. The van der Waals surface area contributed by atoms with Gasteiger partial charge in [-0.1, -0.05) is 24.3 Å². The van der Waals surface area contributed by atoms with Crippen molar-refractivity contribution in [3.63, 3.8) is 0 Å². The van der Waals surface area contributed by atoms with Crippen LogP contribution in [-0.4, -0.2) is 23.2 Å². The quantitative estimate of drug-likeness (QED) is 0.763. The zero-order chi connectivity index (χ0) is 13.9. The van der Waals surface area contributed by atoms with Crippen LogP contribution in [-0.2, 0) is 6.42 Å². The minimum atomic E-state index is -1.21. The number of nitrogens with one attached hydrogen (secondary N) is 2. The highest BCUT2D eigenvalue weighted by molar-refractivity contribution is 5.83. The van der Waals surface area contributed by atoms with Gasteiger partial charge >= 0.3 is 0 Å². The number of H-pyrrole nitrogens is 1. The summed E-state index contributed by atoms with van der Waals surface area (Å²) in [6.45, 7) is 7.30. The molecule has 0 aliphatic heterocycles. The first-order valence-corrected chi connectivity index (χ1v) is 6.59. The van der Waals surface area contributed by atoms with Gasteiger partial charge in [-0.3, -0.25) is 0 Å². The van der Waals surface area contributed by atoms with Gasteiger partial charge in [0.25, 0.3) is 0 Å². The summed E-state index contributed by atoms with van der Waals surface area (Å²) in [7, 11) is 0. The van der Waals surface area contributed by atoms with Crippen LogP contribution in [0.2, 0.25) is 0 Å². The molecule has 0 unspecified atom stereocenters. The van der Waals surface area contributed by atoms with Crippen molar-refractivity contribution in [1.29, 1.82) is 0 Å². The Morgan fingerprint density at radius 1 is 1.42 bits per heavy atom. The fraction of sp³-hybridized carbons (Fsp3) is 0.375. The number of rotatable bonds is 6. The molecule has 102 valence electrons. The molecule has 1 atom stereocenters. The van der Waals surface area contributed by atoms with Gasteiger partial charge in [0.15, 0.2) is 0 Å². The normalized spacial score (nSPS) is 13.6. The predicted octanol–water partition coefficient (Wildman–Crippen LogP) is 3.60. The van der Waals surface area contributed by atoms with Crippen LogP contribution in [0.5, 0.6) is 0 Å². The van der Waals surface area contributed by atoms with Crippen molar-refractivity contribution in [3.8, 4) is 0 Å². The average Bonchev–Trinajstić information content (AvgIpc) is 2.77. The minimum absolute atomic E-state index is 0.0780. The second kappa shape index (κ2) is 5.57. The molecule has 2 N–H and O–H groups in total. The highest BCUT2D eigenvalue weighted by Crippen LogP contribution is 2.19. The van der Waals surface area contributed by atoms with E-state index in [1.807, 2.05) is 24.4 Å². The summed E-state index contributed by atoms with van der Waals surface area (Å²) in [4.78, 5) is 3.25. The maximum Gasteiger partial charge on any atom is 0.117 e. The molecule has 1 heterocycles. The second-order valence-electron chi connectivity index (χ2n) is 5.51. The predicted molar refractivity (Wildman–Crippen MR) is 79.2 cm³/mol. The summed E-state index contributed by atoms with van der Waals surface area (Å²) in [5.41, 5.74) is 1.15. The number of alkyl halides is 1. The highest BCUT2D eigenvalue weighted by atomic mass is 19.1. The van der Waals surface area contributed by atoms with E-state index < -0.39 is 5.67 Å². The van der Waals surface area contributed by atoms with Crippen molar-refractivity contribution in [2.24, 2.45) is 0 Å². The smallest absolute Gasteiger partial charge is 0.117 e. The molecule has 0 aliphatic rings. The lowest BCUT2D eigenvalue weighted by atomic mass is 10.0. The Bertz CT molecular complexity index is 551. The van der Waals surface area contributed by atoms with Crippen molar-refractivity contribution in [2.75, 3.05) is 6.54 Å². The molecule has 19 heavy (non-hydrogen) atoms. The molecule has 0 radical (unpaired) electrons. The minimum Gasteiger partial charge on any atom is -0.361 e. The van der Waals surface area contributed by atoms with Gasteiger partial charge in [-0.2, -0.15) is 0 Å².